The Hall–Kier alpha value is -0.890. The van der Waals surface area contributed by atoms with Gasteiger partial charge in [-0.25, -0.2) is 8.42 Å². The van der Waals surface area contributed by atoms with E-state index in [9.17, 15) is 88.9 Å². The first-order valence-electron chi connectivity index (χ1n) is 23.1. The monoisotopic (exact) mass is 1150 g/mol. The van der Waals surface area contributed by atoms with Crippen molar-refractivity contribution in [1.82, 2.24) is 10.6 Å². The van der Waals surface area contributed by atoms with Crippen molar-refractivity contribution in [3.8, 4) is 0 Å². The standard InChI is InChI=1S/C41H69N2O29S.2Na.H2O/c1-63-31-19(13-45)67-39(28(55)24(31)51)71-34-22(16-48)69-41(72-33-21(15-47)68-40(29(56)26(33)53)70-32-20(14-46)66-38(64-2)27(54)25(32)52)35(30(34)57)65-9-11-73(61,62)10-7-43-36(58)17(5-8-44)4-3-6-42-18(37(59)60)12-23(49)50;;;/h17-22,24-35,38-42,45-48,51-57H,3-7,9-16H2,1-2H3,(H,43,58)(H,49,50)(H,59,60);;;1H2/q-1;2*+1;/p-2/t17-,18-,19?,20?,21?,22?,24+,25+,26+,27?,28?,29?,30-,31-,32-,33-,34-,35?,38+,39-,40-,41-;;;/m0.../s1. The number of carbonyl (C=O) groups excluding carboxylic acids is 3. The Bertz CT molecular complexity index is 1830. The van der Waals surface area contributed by atoms with Crippen LogP contribution in [0.2, 0.25) is 0 Å². The number of amides is 1. The van der Waals surface area contributed by atoms with Gasteiger partial charge in [-0.05, 0) is 19.4 Å². The maximum absolute atomic E-state index is 13.2. The summed E-state index contributed by atoms with van der Waals surface area (Å²) in [6.45, 7) is -4.90. The van der Waals surface area contributed by atoms with Crippen LogP contribution >= 0.6 is 0 Å². The number of aliphatic carboxylic acids is 2. The first-order chi connectivity index (χ1) is 34.6. The number of aliphatic hydroxyl groups excluding tert-OH is 11. The molecule has 4 fully saturated rings. The summed E-state index contributed by atoms with van der Waals surface area (Å²) < 4.78 is 82.4. The molecule has 0 aromatic carbocycles. The minimum absolute atomic E-state index is 0. The second-order valence-electron chi connectivity index (χ2n) is 17.5. The molecule has 0 aromatic rings. The largest absolute Gasteiger partial charge is 1.00 e. The Balaban J connectivity index is 0.00000963. The second-order valence-corrected chi connectivity index (χ2v) is 19.8. The Morgan fingerprint density at radius 3 is 1.54 bits per heavy atom. The average molecular weight is 1150 g/mol. The van der Waals surface area contributed by atoms with Crippen LogP contribution in [0.15, 0.2) is 0 Å². The van der Waals surface area contributed by atoms with E-state index in [1.165, 1.54) is 7.11 Å². The SMILES string of the molecule is CO[C@@H]1OC(CO)[C@H](O[C@@H]2OC(CO)[C@H](O[C@@H]3OC(CO)[C@H](O[C@@H]4OC(CO)[C@H](OC)[C@H](O)C4O)[C@H](O)C3OCCS(=O)(=O)CCNC(=O)[C@H](C[C-]=O)CCCN[C@@H](CC(=O)O)C(=O)[O-])[C@H](O)C2O)[C@H](O)C1O.[Na+].[Na+].[OH-]. The van der Waals surface area contributed by atoms with Gasteiger partial charge in [0, 0.05) is 26.7 Å². The van der Waals surface area contributed by atoms with Crippen LogP contribution in [-0.4, -0.2) is 300 Å². The minimum Gasteiger partial charge on any atom is -0.870 e. The zero-order valence-corrected chi connectivity index (χ0v) is 46.9. The summed E-state index contributed by atoms with van der Waals surface area (Å²) in [4.78, 5) is 46.2. The predicted octanol–water partition coefficient (Wildman–Crippen LogP) is -17.0. The average Bonchev–Trinajstić information content (AvgIpc) is 3.35. The molecule has 0 aliphatic carbocycles. The minimum atomic E-state index is -4.17. The van der Waals surface area contributed by atoms with E-state index in [2.05, 4.69) is 10.6 Å². The molecule has 0 saturated carbocycles. The predicted molar refractivity (Wildman–Crippen MR) is 233 cm³/mol. The normalized spacial score (nSPS) is 36.5. The van der Waals surface area contributed by atoms with Gasteiger partial charge in [-0.15, -0.1) is 6.42 Å². The molecule has 0 bridgehead atoms. The summed E-state index contributed by atoms with van der Waals surface area (Å²) in [5, 5.41) is 143. The number of carbonyl (C=O) groups is 3. The summed E-state index contributed by atoms with van der Waals surface area (Å²) in [5.41, 5.74) is 0. The number of hydrogen-bond acceptors (Lipinski definition) is 30. The second kappa shape index (κ2) is 35.2. The van der Waals surface area contributed by atoms with Gasteiger partial charge in [-0.3, -0.25) is 15.9 Å². The van der Waals surface area contributed by atoms with E-state index in [0.29, 0.717) is 0 Å². The van der Waals surface area contributed by atoms with Crippen molar-refractivity contribution in [2.75, 3.05) is 71.8 Å². The molecule has 0 radical (unpaired) electrons. The van der Waals surface area contributed by atoms with Crippen molar-refractivity contribution in [3.63, 3.8) is 0 Å². The van der Waals surface area contributed by atoms with Crippen molar-refractivity contribution >= 4 is 34.0 Å². The summed E-state index contributed by atoms with van der Waals surface area (Å²) >= 11 is 0. The van der Waals surface area contributed by atoms with Gasteiger partial charge in [0.25, 0.3) is 0 Å². The number of carboxylic acid groups (broad SMARTS) is 2. The van der Waals surface area contributed by atoms with E-state index >= 15 is 0 Å². The van der Waals surface area contributed by atoms with Crippen LogP contribution in [0.25, 0.3) is 0 Å². The smallest absolute Gasteiger partial charge is 0.870 e. The molecule has 0 aromatic heterocycles. The summed E-state index contributed by atoms with van der Waals surface area (Å²) in [6.07, 6.45) is -34.6. The van der Waals surface area contributed by atoms with Gasteiger partial charge in [0.05, 0.1) is 63.0 Å². The maximum Gasteiger partial charge on any atom is 1.00 e. The summed E-state index contributed by atoms with van der Waals surface area (Å²) in [7, 11) is -1.84. The number of rotatable bonds is 30. The van der Waals surface area contributed by atoms with Gasteiger partial charge in [-0.1, -0.05) is 0 Å². The molecule has 22 atom stereocenters. The molecule has 4 aliphatic heterocycles. The molecule has 4 aliphatic rings. The number of ether oxygens (including phenoxy) is 10. The van der Waals surface area contributed by atoms with Gasteiger partial charge in [0.15, 0.2) is 35.0 Å². The summed E-state index contributed by atoms with van der Waals surface area (Å²) in [5.74, 6) is -6.37. The molecule has 15 N–H and O–H groups in total. The molecule has 32 nitrogen and oxygen atoms in total. The molecule has 432 valence electrons. The first-order valence-corrected chi connectivity index (χ1v) is 24.9. The van der Waals surface area contributed by atoms with Crippen LogP contribution in [-0.2, 0) is 76.4 Å². The quantitative estimate of drug-likeness (QED) is 0.0180. The Labute approximate surface area is 479 Å². The van der Waals surface area contributed by atoms with Gasteiger partial charge >= 0.3 is 65.1 Å². The number of sulfone groups is 1. The topological polar surface area (TPSA) is 515 Å². The molecular weight excluding hydrogens is 1080 g/mol. The van der Waals surface area contributed by atoms with Crippen LogP contribution in [0, 0.1) is 5.92 Å². The van der Waals surface area contributed by atoms with E-state index in [-0.39, 0.29) is 84.0 Å². The summed E-state index contributed by atoms with van der Waals surface area (Å²) in [6, 6.07) is -1.52. The molecule has 4 heterocycles. The molecule has 76 heavy (non-hydrogen) atoms. The Kier molecular flexibility index (Phi) is 33.9. The molecule has 4 saturated heterocycles. The fraction of sp³-hybridized carbons (Fsp3) is 0.902. The number of nitrogens with one attached hydrogen (secondary N) is 2. The maximum atomic E-state index is 13.2. The molecular formula is C41H69N2Na2O30S-. The zero-order valence-electron chi connectivity index (χ0n) is 42.1. The number of methoxy groups -OCH3 is 2. The van der Waals surface area contributed by atoms with Crippen molar-refractivity contribution in [1.29, 1.82) is 0 Å². The Morgan fingerprint density at radius 2 is 1.08 bits per heavy atom. The van der Waals surface area contributed by atoms with Gasteiger partial charge in [0.1, 0.15) is 97.7 Å². The molecule has 0 spiro atoms. The number of hydrogen-bond donors (Lipinski definition) is 14. The van der Waals surface area contributed by atoms with Crippen molar-refractivity contribution in [3.05, 3.63) is 0 Å². The van der Waals surface area contributed by atoms with Crippen molar-refractivity contribution in [2.45, 2.75) is 155 Å². The van der Waals surface area contributed by atoms with Crippen molar-refractivity contribution < 1.29 is 206 Å². The fourth-order valence-electron chi connectivity index (χ4n) is 8.52. The number of carboxylic acids is 2. The van der Waals surface area contributed by atoms with E-state index in [1.807, 2.05) is 0 Å². The van der Waals surface area contributed by atoms with E-state index < -0.39 is 226 Å². The van der Waals surface area contributed by atoms with Crippen LogP contribution in [0.4, 0.5) is 0 Å². The van der Waals surface area contributed by atoms with Crippen LogP contribution < -0.4 is 74.9 Å². The van der Waals surface area contributed by atoms with Crippen molar-refractivity contribution in [2.24, 2.45) is 5.92 Å². The third-order valence-corrected chi connectivity index (χ3v) is 14.2. The van der Waals surface area contributed by atoms with Crippen LogP contribution in [0.3, 0.4) is 0 Å². The molecule has 1 amide bonds. The number of aliphatic hydroxyl groups is 11. The van der Waals surface area contributed by atoms with E-state index in [1.54, 1.807) is 6.29 Å². The van der Waals surface area contributed by atoms with Gasteiger partial charge in [0.2, 0.25) is 5.91 Å². The van der Waals surface area contributed by atoms with Crippen LogP contribution in [0.5, 0.6) is 0 Å². The third-order valence-electron chi connectivity index (χ3n) is 12.5. The fourth-order valence-corrected chi connectivity index (χ4v) is 9.49. The van der Waals surface area contributed by atoms with Gasteiger partial charge in [-0.2, -0.15) is 0 Å². The van der Waals surface area contributed by atoms with Crippen LogP contribution in [0.1, 0.15) is 25.7 Å². The van der Waals surface area contributed by atoms with Gasteiger partial charge < -0.3 is 139 Å². The molecule has 4 rings (SSSR count). The third kappa shape index (κ3) is 19.6. The molecule has 35 heteroatoms. The van der Waals surface area contributed by atoms with E-state index in [4.69, 9.17) is 52.5 Å². The molecule has 8 unspecified atom stereocenters. The first kappa shape index (κ1) is 73.1. The Morgan fingerprint density at radius 1 is 0.632 bits per heavy atom. The zero-order chi connectivity index (χ0) is 54.3. The van der Waals surface area contributed by atoms with E-state index in [0.717, 1.165) is 7.11 Å².